The van der Waals surface area contributed by atoms with Gasteiger partial charge >= 0.3 is 11.9 Å². The van der Waals surface area contributed by atoms with Crippen molar-refractivity contribution < 1.29 is 24.2 Å². The first-order chi connectivity index (χ1) is 27.6. The fourth-order valence-corrected chi connectivity index (χ4v) is 14.4. The van der Waals surface area contributed by atoms with Crippen LogP contribution in [-0.4, -0.2) is 51.9 Å². The molecule has 320 valence electrons. The number of ether oxygens (including phenoxy) is 1. The highest BCUT2D eigenvalue weighted by atomic mass is 35.5. The van der Waals surface area contributed by atoms with Crippen LogP contribution in [0.1, 0.15) is 138 Å². The number of fused-ring (bicyclic) bond motifs is 7. The average molecular weight is 830 g/mol. The molecule has 0 spiro atoms. The molecule has 59 heavy (non-hydrogen) atoms. The number of ketones is 1. The number of carboxylic acid groups (broad SMARTS) is 1. The first kappa shape index (κ1) is 43.4. The van der Waals surface area contributed by atoms with Crippen LogP contribution in [0.3, 0.4) is 0 Å². The van der Waals surface area contributed by atoms with Gasteiger partial charge in [-0.1, -0.05) is 60.1 Å². The first-order valence-corrected chi connectivity index (χ1v) is 22.3. The quantitative estimate of drug-likeness (QED) is 0.226. The molecule has 0 radical (unpaired) electrons. The Kier molecular flexibility index (Phi) is 10.9. The second-order valence-electron chi connectivity index (χ2n) is 21.1. The molecule has 0 aliphatic heterocycles. The van der Waals surface area contributed by atoms with Gasteiger partial charge in [0.15, 0.2) is 5.78 Å². The number of aromatic nitrogens is 2. The van der Waals surface area contributed by atoms with E-state index in [4.69, 9.17) is 16.3 Å². The highest BCUT2D eigenvalue weighted by molar-refractivity contribution is 6.31. The van der Waals surface area contributed by atoms with Crippen LogP contribution in [-0.2, 0) is 31.1 Å². The molecular formula is C48H65ClN4O6. The summed E-state index contributed by atoms with van der Waals surface area (Å²) in [4.78, 5) is 54.0. The van der Waals surface area contributed by atoms with E-state index in [1.54, 1.807) is 42.8 Å². The lowest BCUT2D eigenvalue weighted by molar-refractivity contribution is -0.232. The molecule has 0 unspecified atom stereocenters. The summed E-state index contributed by atoms with van der Waals surface area (Å²) in [6.45, 7) is 20.5. The maximum atomic E-state index is 14.6. The van der Waals surface area contributed by atoms with E-state index < -0.39 is 22.8 Å². The van der Waals surface area contributed by atoms with Crippen LogP contribution >= 0.6 is 11.6 Å². The van der Waals surface area contributed by atoms with Gasteiger partial charge < -0.3 is 15.2 Å². The number of aliphatic carboxylic acids is 1. The highest BCUT2D eigenvalue weighted by Gasteiger charge is 2.71. The van der Waals surface area contributed by atoms with Crippen LogP contribution in [0, 0.1) is 62.1 Å². The molecule has 7 rings (SSSR count). The molecule has 0 saturated heterocycles. The molecule has 1 aromatic heterocycles. The number of Topliss-reactive ketones (excluding diaryl/α,β-unsaturated/α-hetero) is 1. The summed E-state index contributed by atoms with van der Waals surface area (Å²) in [5.41, 5.74) is 1.34. The lowest BCUT2D eigenvalue weighted by Gasteiger charge is -2.72. The Bertz CT molecular complexity index is 2190. The van der Waals surface area contributed by atoms with Gasteiger partial charge in [0.1, 0.15) is 11.1 Å². The van der Waals surface area contributed by atoms with E-state index in [1.807, 2.05) is 11.7 Å². The number of carbonyl (C=O) groups is 3. The van der Waals surface area contributed by atoms with Crippen LogP contribution in [0.5, 0.6) is 0 Å². The molecule has 5 aliphatic carbocycles. The highest BCUT2D eigenvalue weighted by Crippen LogP contribution is 2.77. The molecular weight excluding hydrogens is 764 g/mol. The molecule has 4 fully saturated rings. The largest absolute Gasteiger partial charge is 0.481 e. The molecule has 2 aromatic rings. The van der Waals surface area contributed by atoms with Crippen molar-refractivity contribution >= 4 is 29.3 Å². The van der Waals surface area contributed by atoms with Crippen molar-refractivity contribution in [3.63, 3.8) is 0 Å². The molecule has 10 nitrogen and oxygen atoms in total. The molecule has 0 amide bonds. The number of nitrogens with one attached hydrogen (secondary N) is 1. The summed E-state index contributed by atoms with van der Waals surface area (Å²) in [5.74, 6) is -0.411. The molecule has 2 N–H and O–H groups in total. The van der Waals surface area contributed by atoms with E-state index in [-0.39, 0.29) is 62.4 Å². The minimum Gasteiger partial charge on any atom is -0.481 e. The summed E-state index contributed by atoms with van der Waals surface area (Å²) in [6, 6.07) is 9.19. The van der Waals surface area contributed by atoms with Crippen molar-refractivity contribution in [2.45, 2.75) is 145 Å². The van der Waals surface area contributed by atoms with Gasteiger partial charge in [-0.3, -0.25) is 23.9 Å². The number of carbonyl (C=O) groups excluding carboxylic acids is 2. The number of allylic oxidation sites excluding steroid dienone is 2. The summed E-state index contributed by atoms with van der Waals surface area (Å²) in [7, 11) is 1.89. The van der Waals surface area contributed by atoms with Crippen LogP contribution in [0.4, 0.5) is 0 Å². The number of benzene rings is 1. The van der Waals surface area contributed by atoms with Crippen molar-refractivity contribution in [1.82, 2.24) is 14.7 Å². The monoisotopic (exact) mass is 828 g/mol. The van der Waals surface area contributed by atoms with Gasteiger partial charge in [-0.15, -0.1) is 0 Å². The summed E-state index contributed by atoms with van der Waals surface area (Å²) in [6.07, 6.45) is 7.12. The second-order valence-corrected chi connectivity index (χ2v) is 21.5. The van der Waals surface area contributed by atoms with Crippen LogP contribution in [0.25, 0.3) is 5.69 Å². The Hall–Kier alpha value is -3.68. The third kappa shape index (κ3) is 6.33. The van der Waals surface area contributed by atoms with Crippen molar-refractivity contribution in [1.29, 1.82) is 5.26 Å². The normalized spacial score (nSPS) is 33.8. The maximum Gasteiger partial charge on any atom is 0.309 e. The lowest BCUT2D eigenvalue weighted by atomic mass is 9.33. The Morgan fingerprint density at radius 1 is 0.983 bits per heavy atom. The molecule has 0 bridgehead atoms. The third-order valence-corrected chi connectivity index (χ3v) is 17.5. The van der Waals surface area contributed by atoms with E-state index in [0.29, 0.717) is 49.0 Å². The van der Waals surface area contributed by atoms with E-state index in [0.717, 1.165) is 56.2 Å². The number of esters is 1. The van der Waals surface area contributed by atoms with E-state index >= 15 is 0 Å². The number of likely N-dealkylation sites (N-methyl/N-ethyl adjacent to an activating group) is 1. The van der Waals surface area contributed by atoms with Gasteiger partial charge in [0.25, 0.3) is 5.56 Å². The third-order valence-electron chi connectivity index (χ3n) is 17.2. The Morgan fingerprint density at radius 3 is 2.27 bits per heavy atom. The van der Waals surface area contributed by atoms with Gasteiger partial charge in [-0.25, -0.2) is 4.68 Å². The molecule has 11 heteroatoms. The van der Waals surface area contributed by atoms with E-state index in [1.165, 1.54) is 5.57 Å². The SMILES string of the molecule is CNCCn1c([C@@]23CC[C@]4(C)[C@H](CC[C@@H]5[C@@]6(C)CC[C@H](OC(=O)CC(C)(C)C(=O)O)C(C)(C)[C@@H]6CC[C@]54C)C2=C(C(C)C)C(=O)C3)c(Cl)c(=O)n1-c1ccc(C#N)cc1. The van der Waals surface area contributed by atoms with Gasteiger partial charge in [-0.05, 0) is 148 Å². The predicted octanol–water partition coefficient (Wildman–Crippen LogP) is 9.03. The second kappa shape index (κ2) is 14.8. The summed E-state index contributed by atoms with van der Waals surface area (Å²) < 4.78 is 9.87. The number of hydrogen-bond donors (Lipinski definition) is 2. The minimum absolute atomic E-state index is 0.00172. The number of nitrogens with zero attached hydrogens (tertiary/aromatic N) is 3. The summed E-state index contributed by atoms with van der Waals surface area (Å²) >= 11 is 7.32. The number of nitriles is 1. The smallest absolute Gasteiger partial charge is 0.309 e. The van der Waals surface area contributed by atoms with E-state index in [9.17, 15) is 29.5 Å². The molecule has 4 saturated carbocycles. The zero-order valence-electron chi connectivity index (χ0n) is 36.9. The lowest BCUT2D eigenvalue weighted by Crippen LogP contribution is -2.66. The van der Waals surface area contributed by atoms with Crippen LogP contribution < -0.4 is 10.9 Å². The topological polar surface area (TPSA) is 143 Å². The van der Waals surface area contributed by atoms with Crippen molar-refractivity contribution in [3.05, 3.63) is 62.0 Å². The van der Waals surface area contributed by atoms with Crippen molar-refractivity contribution in [2.24, 2.45) is 50.7 Å². The fourth-order valence-electron chi connectivity index (χ4n) is 14.1. The van der Waals surface area contributed by atoms with E-state index in [2.05, 4.69) is 59.9 Å². The Balaban J connectivity index is 1.28. The summed E-state index contributed by atoms with van der Waals surface area (Å²) in [5, 5.41) is 22.6. The number of carboxylic acids is 1. The molecule has 5 aliphatic rings. The van der Waals surface area contributed by atoms with Gasteiger partial charge in [0, 0.05) is 23.8 Å². The zero-order valence-corrected chi connectivity index (χ0v) is 37.6. The fraction of sp³-hybridized carbons (Fsp3) is 0.688. The average Bonchev–Trinajstić information content (AvgIpc) is 3.61. The molecule has 1 heterocycles. The number of hydrogen-bond acceptors (Lipinski definition) is 7. The minimum atomic E-state index is -1.19. The Morgan fingerprint density at radius 2 is 1.66 bits per heavy atom. The van der Waals surface area contributed by atoms with Crippen molar-refractivity contribution in [3.8, 4) is 11.8 Å². The predicted molar refractivity (Wildman–Crippen MR) is 228 cm³/mol. The Labute approximate surface area is 355 Å². The number of halogens is 1. The zero-order chi connectivity index (χ0) is 43.2. The maximum absolute atomic E-state index is 14.6. The molecule has 8 atom stereocenters. The van der Waals surface area contributed by atoms with Crippen LogP contribution in [0.2, 0.25) is 5.02 Å². The van der Waals surface area contributed by atoms with Gasteiger partial charge in [-0.2, -0.15) is 5.26 Å². The van der Waals surface area contributed by atoms with Gasteiger partial charge in [0.05, 0.1) is 41.4 Å². The van der Waals surface area contributed by atoms with Crippen molar-refractivity contribution in [2.75, 3.05) is 13.6 Å². The number of rotatable bonds is 10. The van der Waals surface area contributed by atoms with Crippen LogP contribution in [0.15, 0.2) is 40.2 Å². The standard InChI is InChI=1S/C48H65ClN4O6/c1-28(2)37-32(54)25-48(40-39(49)41(56)53(52(40)24-23-51-10)30-13-11-29(27-50)12-14-30)22-21-46(8)31(38(37)48)15-16-34-45(7)19-18-35(59-36(55)26-43(3,4)42(57)58)44(5,6)33(45)17-20-47(34,46)9/h11-14,28,31,33-35,51H,15-26H2,1-10H3,(H,57,58)/t31-,33+,34-,35+,45+,46-,47-,48-/m1/s1. The van der Waals surface area contributed by atoms with Gasteiger partial charge in [0.2, 0.25) is 0 Å². The first-order valence-electron chi connectivity index (χ1n) is 21.9. The molecule has 1 aromatic carbocycles.